The first-order chi connectivity index (χ1) is 5.33. The van der Waals surface area contributed by atoms with Crippen LogP contribution in [0.3, 0.4) is 0 Å². The topological polar surface area (TPSA) is 32.6 Å². The van der Waals surface area contributed by atoms with E-state index in [2.05, 4.69) is 18.0 Å². The van der Waals surface area contributed by atoms with E-state index in [9.17, 15) is 0 Å². The largest absolute Gasteiger partial charge is 0.396 e. The molecule has 1 heterocycles. The zero-order chi connectivity index (χ0) is 8.16. The lowest BCUT2D eigenvalue weighted by Gasteiger charge is -2.21. The number of aliphatic hydroxyl groups excluding tert-OH is 1. The van der Waals surface area contributed by atoms with Gasteiger partial charge in [0.2, 0.25) is 0 Å². The van der Waals surface area contributed by atoms with Crippen LogP contribution in [0.4, 0.5) is 0 Å². The number of hydrogen-bond acceptors (Lipinski definition) is 2. The third kappa shape index (κ3) is 1.90. The molecule has 1 aliphatic rings. The van der Waals surface area contributed by atoms with Crippen LogP contribution in [0.25, 0.3) is 0 Å². The van der Waals surface area contributed by atoms with E-state index < -0.39 is 0 Å². The lowest BCUT2D eigenvalue weighted by Crippen LogP contribution is -2.20. The van der Waals surface area contributed by atoms with Crippen LogP contribution < -0.4 is 0 Å². The Labute approximate surface area is 67.7 Å². The van der Waals surface area contributed by atoms with Crippen LogP contribution in [0.15, 0.2) is 17.1 Å². The van der Waals surface area contributed by atoms with Gasteiger partial charge in [-0.2, -0.15) is 0 Å². The Balaban J connectivity index is 2.47. The number of allylic oxidation sites excluding steroid dienone is 1. The second kappa shape index (κ2) is 3.67. The van der Waals surface area contributed by atoms with Gasteiger partial charge in [-0.1, -0.05) is 13.0 Å². The summed E-state index contributed by atoms with van der Waals surface area (Å²) < 4.78 is 0. The molecule has 0 aliphatic carbocycles. The molecule has 1 N–H and O–H groups in total. The van der Waals surface area contributed by atoms with Crippen molar-refractivity contribution in [3.63, 3.8) is 0 Å². The fourth-order valence-electron chi connectivity index (χ4n) is 1.38. The monoisotopic (exact) mass is 153 g/mol. The minimum atomic E-state index is 0.0166. The van der Waals surface area contributed by atoms with Crippen molar-refractivity contribution in [2.75, 3.05) is 6.61 Å². The normalized spacial score (nSPS) is 28.2. The van der Waals surface area contributed by atoms with Gasteiger partial charge in [-0.05, 0) is 25.3 Å². The minimum absolute atomic E-state index is 0.0166. The molecule has 11 heavy (non-hydrogen) atoms. The fraction of sp³-hybridized carbons (Fsp3) is 0.667. The Bertz CT molecular complexity index is 160. The van der Waals surface area contributed by atoms with Crippen molar-refractivity contribution in [2.45, 2.75) is 31.7 Å². The summed E-state index contributed by atoms with van der Waals surface area (Å²) in [6.07, 6.45) is 8.80. The van der Waals surface area contributed by atoms with Crippen molar-refractivity contribution in [3.8, 4) is 0 Å². The van der Waals surface area contributed by atoms with E-state index in [1.54, 1.807) is 0 Å². The fourth-order valence-corrected chi connectivity index (χ4v) is 1.38. The van der Waals surface area contributed by atoms with Gasteiger partial charge in [0.05, 0.1) is 5.54 Å². The van der Waals surface area contributed by atoms with Crippen LogP contribution in [-0.4, -0.2) is 23.5 Å². The van der Waals surface area contributed by atoms with E-state index in [4.69, 9.17) is 5.11 Å². The van der Waals surface area contributed by atoms with E-state index >= 15 is 0 Å². The molecule has 0 aromatic heterocycles. The summed E-state index contributed by atoms with van der Waals surface area (Å²) >= 11 is 0. The SMILES string of the molecule is CCC1(CCCO)C=CC=N1. The molecule has 1 atom stereocenters. The number of nitrogens with zero attached hydrogens (tertiary/aromatic N) is 1. The molecular weight excluding hydrogens is 138 g/mol. The predicted molar refractivity (Wildman–Crippen MR) is 47.0 cm³/mol. The molecule has 0 saturated heterocycles. The van der Waals surface area contributed by atoms with E-state index in [0.29, 0.717) is 0 Å². The van der Waals surface area contributed by atoms with Gasteiger partial charge < -0.3 is 5.11 Å². The molecule has 0 bridgehead atoms. The summed E-state index contributed by atoms with van der Waals surface area (Å²) in [6, 6.07) is 0. The molecule has 1 aliphatic heterocycles. The highest BCUT2D eigenvalue weighted by atomic mass is 16.2. The number of hydrogen-bond donors (Lipinski definition) is 1. The highest BCUT2D eigenvalue weighted by Crippen LogP contribution is 2.26. The highest BCUT2D eigenvalue weighted by molar-refractivity contribution is 5.75. The average Bonchev–Trinajstić information content (AvgIpc) is 2.50. The maximum Gasteiger partial charge on any atom is 0.0789 e. The quantitative estimate of drug-likeness (QED) is 0.653. The van der Waals surface area contributed by atoms with Gasteiger partial charge in [0.15, 0.2) is 0 Å². The molecule has 0 aromatic rings. The molecule has 1 rings (SSSR count). The van der Waals surface area contributed by atoms with Gasteiger partial charge in [0, 0.05) is 12.8 Å². The molecule has 0 aromatic carbocycles. The van der Waals surface area contributed by atoms with Crippen LogP contribution >= 0.6 is 0 Å². The van der Waals surface area contributed by atoms with Crippen molar-refractivity contribution in [1.82, 2.24) is 0 Å². The van der Waals surface area contributed by atoms with Crippen LogP contribution in [0.1, 0.15) is 26.2 Å². The number of aliphatic hydroxyl groups is 1. The summed E-state index contributed by atoms with van der Waals surface area (Å²) in [7, 11) is 0. The van der Waals surface area contributed by atoms with Crippen LogP contribution in [0.2, 0.25) is 0 Å². The Morgan fingerprint density at radius 3 is 2.82 bits per heavy atom. The number of rotatable bonds is 4. The van der Waals surface area contributed by atoms with E-state index in [1.807, 2.05) is 12.3 Å². The van der Waals surface area contributed by atoms with Crippen LogP contribution in [0.5, 0.6) is 0 Å². The predicted octanol–water partition coefficient (Wildman–Crippen LogP) is 1.55. The third-order valence-corrected chi connectivity index (χ3v) is 2.20. The molecule has 2 nitrogen and oxygen atoms in total. The summed E-state index contributed by atoms with van der Waals surface area (Å²) in [5.74, 6) is 0. The van der Waals surface area contributed by atoms with Crippen molar-refractivity contribution >= 4 is 6.21 Å². The van der Waals surface area contributed by atoms with Crippen LogP contribution in [0, 0.1) is 0 Å². The molecule has 2 heteroatoms. The zero-order valence-corrected chi connectivity index (χ0v) is 6.95. The lowest BCUT2D eigenvalue weighted by atomic mass is 9.92. The number of aliphatic imine (C=N–C) groups is 1. The van der Waals surface area contributed by atoms with Gasteiger partial charge in [0.1, 0.15) is 0 Å². The van der Waals surface area contributed by atoms with Gasteiger partial charge in [0.25, 0.3) is 0 Å². The molecule has 0 amide bonds. The first kappa shape index (κ1) is 8.47. The highest BCUT2D eigenvalue weighted by Gasteiger charge is 2.24. The van der Waals surface area contributed by atoms with E-state index in [-0.39, 0.29) is 12.1 Å². The summed E-state index contributed by atoms with van der Waals surface area (Å²) in [5.41, 5.74) is 0.0166. The van der Waals surface area contributed by atoms with E-state index in [1.165, 1.54) is 0 Å². The zero-order valence-electron chi connectivity index (χ0n) is 6.95. The smallest absolute Gasteiger partial charge is 0.0789 e. The molecular formula is C9H15NO. The Morgan fingerprint density at radius 1 is 1.55 bits per heavy atom. The Kier molecular flexibility index (Phi) is 2.83. The second-order valence-electron chi connectivity index (χ2n) is 2.92. The van der Waals surface area contributed by atoms with E-state index in [0.717, 1.165) is 19.3 Å². The molecule has 62 valence electrons. The van der Waals surface area contributed by atoms with Crippen molar-refractivity contribution < 1.29 is 5.11 Å². The van der Waals surface area contributed by atoms with Crippen molar-refractivity contribution in [2.24, 2.45) is 4.99 Å². The van der Waals surface area contributed by atoms with Gasteiger partial charge in [-0.15, -0.1) is 0 Å². The Hall–Kier alpha value is -0.630. The minimum Gasteiger partial charge on any atom is -0.396 e. The van der Waals surface area contributed by atoms with Gasteiger partial charge in [-0.25, -0.2) is 0 Å². The first-order valence-electron chi connectivity index (χ1n) is 4.17. The van der Waals surface area contributed by atoms with Gasteiger partial charge >= 0.3 is 0 Å². The van der Waals surface area contributed by atoms with Crippen LogP contribution in [-0.2, 0) is 0 Å². The molecule has 0 saturated carbocycles. The van der Waals surface area contributed by atoms with Crippen molar-refractivity contribution in [1.29, 1.82) is 0 Å². The summed E-state index contributed by atoms with van der Waals surface area (Å²) in [5, 5.41) is 8.66. The standard InChI is InChI=1S/C9H15NO/c1-2-9(6-4-8-11)5-3-7-10-9/h3,5,7,11H,2,4,6,8H2,1H3. The maximum absolute atomic E-state index is 8.66. The van der Waals surface area contributed by atoms with Gasteiger partial charge in [-0.3, -0.25) is 4.99 Å². The molecule has 0 fully saturated rings. The molecule has 1 unspecified atom stereocenters. The van der Waals surface area contributed by atoms with Crippen molar-refractivity contribution in [3.05, 3.63) is 12.2 Å². The molecule has 0 radical (unpaired) electrons. The summed E-state index contributed by atoms with van der Waals surface area (Å²) in [6.45, 7) is 2.40. The Morgan fingerprint density at radius 2 is 2.36 bits per heavy atom. The second-order valence-corrected chi connectivity index (χ2v) is 2.92. The average molecular weight is 153 g/mol. The summed E-state index contributed by atoms with van der Waals surface area (Å²) in [4.78, 5) is 4.38. The lowest BCUT2D eigenvalue weighted by molar-refractivity contribution is 0.270. The first-order valence-corrected chi connectivity index (χ1v) is 4.17. The molecule has 0 spiro atoms. The third-order valence-electron chi connectivity index (χ3n) is 2.20. The maximum atomic E-state index is 8.66.